The minimum atomic E-state index is -0.993. The fourth-order valence-corrected chi connectivity index (χ4v) is 2.92. The molecule has 1 N–H and O–H groups in total. The van der Waals surface area contributed by atoms with Crippen LogP contribution in [0.5, 0.6) is 5.75 Å². The highest BCUT2D eigenvalue weighted by Gasteiger charge is 2.30. The van der Waals surface area contributed by atoms with Crippen molar-refractivity contribution >= 4 is 15.9 Å². The molecule has 0 saturated heterocycles. The SMILES string of the molecule is CCC(O)(c1cccc(Br)c1)c1cccc(OC2CC2)c1. The summed E-state index contributed by atoms with van der Waals surface area (Å²) in [6.07, 6.45) is 3.24. The van der Waals surface area contributed by atoms with Crippen molar-refractivity contribution in [3.05, 3.63) is 64.1 Å². The van der Waals surface area contributed by atoms with Crippen LogP contribution in [0.3, 0.4) is 0 Å². The van der Waals surface area contributed by atoms with Crippen LogP contribution < -0.4 is 4.74 Å². The fourth-order valence-electron chi connectivity index (χ4n) is 2.53. The van der Waals surface area contributed by atoms with Gasteiger partial charge in [-0.25, -0.2) is 0 Å². The predicted molar refractivity (Wildman–Crippen MR) is 87.5 cm³/mol. The Balaban J connectivity index is 1.97. The van der Waals surface area contributed by atoms with Crippen molar-refractivity contribution in [1.82, 2.24) is 0 Å². The Labute approximate surface area is 133 Å². The zero-order chi connectivity index (χ0) is 14.9. The Morgan fingerprint density at radius 1 is 1.14 bits per heavy atom. The van der Waals surface area contributed by atoms with Crippen molar-refractivity contribution in [1.29, 1.82) is 0 Å². The Hall–Kier alpha value is -1.32. The van der Waals surface area contributed by atoms with Crippen LogP contribution in [0, 0.1) is 0 Å². The van der Waals surface area contributed by atoms with Crippen molar-refractivity contribution in [3.8, 4) is 5.75 Å². The molecule has 3 rings (SSSR count). The number of hydrogen-bond donors (Lipinski definition) is 1. The zero-order valence-electron chi connectivity index (χ0n) is 12.1. The van der Waals surface area contributed by atoms with Gasteiger partial charge in [-0.2, -0.15) is 0 Å². The Bertz CT molecular complexity index is 637. The third-order valence-corrected chi connectivity index (χ3v) is 4.45. The first-order valence-electron chi connectivity index (χ1n) is 7.37. The number of halogens is 1. The van der Waals surface area contributed by atoms with E-state index in [0.717, 1.165) is 34.2 Å². The van der Waals surface area contributed by atoms with E-state index in [-0.39, 0.29) is 0 Å². The van der Waals surface area contributed by atoms with Gasteiger partial charge in [-0.3, -0.25) is 0 Å². The summed E-state index contributed by atoms with van der Waals surface area (Å²) >= 11 is 3.48. The third kappa shape index (κ3) is 3.14. The molecule has 110 valence electrons. The molecule has 1 atom stereocenters. The van der Waals surface area contributed by atoms with Crippen LogP contribution in [0.25, 0.3) is 0 Å². The predicted octanol–water partition coefficient (Wildman–Crippen LogP) is 4.64. The highest BCUT2D eigenvalue weighted by Crippen LogP contribution is 2.36. The third-order valence-electron chi connectivity index (χ3n) is 3.95. The minimum absolute atomic E-state index is 0.362. The molecule has 1 saturated carbocycles. The van der Waals surface area contributed by atoms with Crippen molar-refractivity contribution < 1.29 is 9.84 Å². The second-order valence-electron chi connectivity index (χ2n) is 5.57. The smallest absolute Gasteiger partial charge is 0.120 e. The molecule has 0 radical (unpaired) electrons. The summed E-state index contributed by atoms with van der Waals surface area (Å²) in [5.74, 6) is 0.844. The van der Waals surface area contributed by atoms with Gasteiger partial charge in [0.05, 0.1) is 6.10 Å². The summed E-state index contributed by atoms with van der Waals surface area (Å²) in [5, 5.41) is 11.2. The van der Waals surface area contributed by atoms with Gasteiger partial charge in [-0.1, -0.05) is 47.1 Å². The highest BCUT2D eigenvalue weighted by atomic mass is 79.9. The van der Waals surface area contributed by atoms with Gasteiger partial charge in [-0.15, -0.1) is 0 Å². The summed E-state index contributed by atoms with van der Waals surface area (Å²) in [4.78, 5) is 0. The number of ether oxygens (including phenoxy) is 1. The molecule has 0 aliphatic heterocycles. The normalized spacial score (nSPS) is 17.3. The van der Waals surface area contributed by atoms with E-state index in [1.807, 2.05) is 55.5 Å². The van der Waals surface area contributed by atoms with Crippen LogP contribution in [0.15, 0.2) is 53.0 Å². The maximum atomic E-state index is 11.2. The molecule has 2 aromatic carbocycles. The molecule has 0 heterocycles. The maximum absolute atomic E-state index is 11.2. The van der Waals surface area contributed by atoms with E-state index in [0.29, 0.717) is 12.5 Å². The summed E-state index contributed by atoms with van der Waals surface area (Å²) in [5.41, 5.74) is 0.774. The van der Waals surface area contributed by atoms with Gasteiger partial charge >= 0.3 is 0 Å². The molecule has 1 unspecified atom stereocenters. The molecule has 0 amide bonds. The first-order chi connectivity index (χ1) is 10.1. The lowest BCUT2D eigenvalue weighted by molar-refractivity contribution is 0.0761. The van der Waals surface area contributed by atoms with Gasteiger partial charge in [0.15, 0.2) is 0 Å². The number of rotatable bonds is 5. The Morgan fingerprint density at radius 2 is 1.81 bits per heavy atom. The standard InChI is InChI=1S/C18H19BrO2/c1-2-18(20,13-5-3-7-15(19)11-13)14-6-4-8-17(12-14)21-16-9-10-16/h3-8,11-12,16,20H,2,9-10H2,1H3. The zero-order valence-corrected chi connectivity index (χ0v) is 13.6. The van der Waals surface area contributed by atoms with Crippen LogP contribution in [0.2, 0.25) is 0 Å². The number of hydrogen-bond acceptors (Lipinski definition) is 2. The van der Waals surface area contributed by atoms with Gasteiger partial charge < -0.3 is 9.84 Å². The summed E-state index contributed by atoms with van der Waals surface area (Å²) in [7, 11) is 0. The maximum Gasteiger partial charge on any atom is 0.120 e. The van der Waals surface area contributed by atoms with Crippen LogP contribution >= 0.6 is 15.9 Å². The van der Waals surface area contributed by atoms with E-state index >= 15 is 0 Å². The van der Waals surface area contributed by atoms with Crippen molar-refractivity contribution in [3.63, 3.8) is 0 Å². The van der Waals surface area contributed by atoms with Crippen molar-refractivity contribution in [2.45, 2.75) is 37.9 Å². The molecular formula is C18H19BrO2. The van der Waals surface area contributed by atoms with E-state index in [2.05, 4.69) is 15.9 Å². The molecule has 21 heavy (non-hydrogen) atoms. The monoisotopic (exact) mass is 346 g/mol. The number of aliphatic hydroxyl groups is 1. The molecular weight excluding hydrogens is 328 g/mol. The molecule has 0 spiro atoms. The first-order valence-corrected chi connectivity index (χ1v) is 8.17. The van der Waals surface area contributed by atoms with E-state index in [9.17, 15) is 5.11 Å². The number of benzene rings is 2. The Kier molecular flexibility index (Phi) is 4.05. The Morgan fingerprint density at radius 3 is 2.43 bits per heavy atom. The van der Waals surface area contributed by atoms with Gasteiger partial charge in [-0.05, 0) is 54.7 Å². The van der Waals surface area contributed by atoms with Gasteiger partial charge in [0.2, 0.25) is 0 Å². The van der Waals surface area contributed by atoms with Crippen LogP contribution in [0.1, 0.15) is 37.3 Å². The van der Waals surface area contributed by atoms with Crippen molar-refractivity contribution in [2.75, 3.05) is 0 Å². The molecule has 1 fully saturated rings. The largest absolute Gasteiger partial charge is 0.490 e. The molecule has 0 bridgehead atoms. The summed E-state index contributed by atoms with van der Waals surface area (Å²) in [6, 6.07) is 15.7. The van der Waals surface area contributed by atoms with Crippen LogP contribution in [0.4, 0.5) is 0 Å². The van der Waals surface area contributed by atoms with E-state index < -0.39 is 5.60 Å². The van der Waals surface area contributed by atoms with Crippen molar-refractivity contribution in [2.24, 2.45) is 0 Å². The lowest BCUT2D eigenvalue weighted by atomic mass is 9.84. The molecule has 2 aromatic rings. The van der Waals surface area contributed by atoms with Crippen LogP contribution in [-0.2, 0) is 5.60 Å². The lowest BCUT2D eigenvalue weighted by Gasteiger charge is -2.28. The molecule has 3 heteroatoms. The fraction of sp³-hybridized carbons (Fsp3) is 0.333. The van der Waals surface area contributed by atoms with Gasteiger partial charge in [0.1, 0.15) is 11.4 Å². The first kappa shape index (κ1) is 14.6. The van der Waals surface area contributed by atoms with Crippen LogP contribution in [-0.4, -0.2) is 11.2 Å². The topological polar surface area (TPSA) is 29.5 Å². The minimum Gasteiger partial charge on any atom is -0.490 e. The second kappa shape index (κ2) is 5.82. The molecule has 1 aliphatic rings. The average molecular weight is 347 g/mol. The lowest BCUT2D eigenvalue weighted by Crippen LogP contribution is -2.26. The molecule has 0 aromatic heterocycles. The highest BCUT2D eigenvalue weighted by molar-refractivity contribution is 9.10. The molecule has 1 aliphatic carbocycles. The average Bonchev–Trinajstić information content (AvgIpc) is 3.30. The van der Waals surface area contributed by atoms with E-state index in [1.165, 1.54) is 0 Å². The van der Waals surface area contributed by atoms with Gasteiger partial charge in [0, 0.05) is 4.47 Å². The summed E-state index contributed by atoms with van der Waals surface area (Å²) in [6.45, 7) is 2.00. The van der Waals surface area contributed by atoms with E-state index in [1.54, 1.807) is 0 Å². The summed E-state index contributed by atoms with van der Waals surface area (Å²) < 4.78 is 6.81. The quantitative estimate of drug-likeness (QED) is 0.854. The van der Waals surface area contributed by atoms with Gasteiger partial charge in [0.25, 0.3) is 0 Å². The second-order valence-corrected chi connectivity index (χ2v) is 6.48. The van der Waals surface area contributed by atoms with E-state index in [4.69, 9.17) is 4.74 Å². The molecule has 2 nitrogen and oxygen atoms in total.